The number of alkyl halides is 3. The minimum absolute atomic E-state index is 0.0326. The summed E-state index contributed by atoms with van der Waals surface area (Å²) < 4.78 is 39.1. The van der Waals surface area contributed by atoms with Crippen molar-refractivity contribution in [1.82, 2.24) is 14.9 Å². The third-order valence-corrected chi connectivity index (χ3v) is 7.91. The number of carboxylic acids is 1. The lowest BCUT2D eigenvalue weighted by atomic mass is 10.0. The normalized spacial score (nSPS) is 16.8. The molecule has 1 aromatic carbocycles. The van der Waals surface area contributed by atoms with Gasteiger partial charge >= 0.3 is 12.1 Å². The number of fused-ring (bicyclic) bond motifs is 1. The van der Waals surface area contributed by atoms with Gasteiger partial charge in [-0.15, -0.1) is 11.3 Å². The molecular weight excluding hydrogens is 495 g/mol. The maximum atomic E-state index is 13.1. The van der Waals surface area contributed by atoms with Crippen molar-refractivity contribution in [3.05, 3.63) is 84.7 Å². The van der Waals surface area contributed by atoms with E-state index >= 15 is 0 Å². The number of aryl methyl sites for hydroxylation is 1. The summed E-state index contributed by atoms with van der Waals surface area (Å²) in [6.45, 7) is 0.395. The third-order valence-electron chi connectivity index (χ3n) is 6.78. The quantitative estimate of drug-likeness (QED) is 0.530. The zero-order valence-electron chi connectivity index (χ0n) is 19.0. The van der Waals surface area contributed by atoms with Gasteiger partial charge in [-0.25, -0.2) is 9.78 Å². The van der Waals surface area contributed by atoms with Gasteiger partial charge in [0.1, 0.15) is 5.82 Å². The van der Waals surface area contributed by atoms with Gasteiger partial charge in [0.2, 0.25) is 5.91 Å². The van der Waals surface area contributed by atoms with Crippen LogP contribution in [0.3, 0.4) is 0 Å². The Hall–Kier alpha value is -3.47. The number of aromatic carboxylic acids is 1. The highest BCUT2D eigenvalue weighted by Crippen LogP contribution is 2.54. The number of carbonyl (C=O) groups is 2. The average Bonchev–Trinajstić information content (AvgIpc) is 3.53. The van der Waals surface area contributed by atoms with E-state index in [-0.39, 0.29) is 35.6 Å². The van der Waals surface area contributed by atoms with E-state index in [4.69, 9.17) is 4.98 Å². The molecule has 3 heterocycles. The van der Waals surface area contributed by atoms with E-state index in [2.05, 4.69) is 4.98 Å². The number of aromatic nitrogens is 2. The van der Waals surface area contributed by atoms with Crippen molar-refractivity contribution < 1.29 is 27.9 Å². The number of amides is 1. The molecule has 36 heavy (non-hydrogen) atoms. The SMILES string of the molecule is O=C(O)c1csc(C2(c3nc4c(c(=O)[nH]3)CN(C(=O)Cc3cccc(C(F)(F)F)c3)CCC4)CC2)c1. The van der Waals surface area contributed by atoms with Crippen molar-refractivity contribution >= 4 is 23.2 Å². The highest BCUT2D eigenvalue weighted by atomic mass is 32.1. The molecule has 0 bridgehead atoms. The van der Waals surface area contributed by atoms with Crippen molar-refractivity contribution in [2.75, 3.05) is 6.54 Å². The summed E-state index contributed by atoms with van der Waals surface area (Å²) >= 11 is 1.33. The zero-order chi connectivity index (χ0) is 25.7. The highest BCUT2D eigenvalue weighted by molar-refractivity contribution is 7.10. The topological polar surface area (TPSA) is 103 Å². The van der Waals surface area contributed by atoms with Gasteiger partial charge in [-0.3, -0.25) is 9.59 Å². The molecule has 0 radical (unpaired) electrons. The standard InChI is InChI=1S/C25H22F3N3O4S/c26-25(27,28)16-4-1-3-14(9-16)10-20(32)31-8-2-5-18-17(12-31)21(33)30-23(29-18)24(6-7-24)19-11-15(13-36-19)22(34)35/h1,3-4,9,11,13H,2,5-8,10,12H2,(H,34,35)(H,29,30,33). The fraction of sp³-hybridized carbons (Fsp3) is 0.360. The van der Waals surface area contributed by atoms with E-state index in [1.165, 1.54) is 28.4 Å². The van der Waals surface area contributed by atoms with Crippen molar-refractivity contribution in [2.24, 2.45) is 0 Å². The van der Waals surface area contributed by atoms with Crippen molar-refractivity contribution in [2.45, 2.75) is 50.2 Å². The lowest BCUT2D eigenvalue weighted by molar-refractivity contribution is -0.138. The number of aromatic amines is 1. The number of carbonyl (C=O) groups excluding carboxylic acids is 1. The molecule has 1 aliphatic heterocycles. The monoisotopic (exact) mass is 517 g/mol. The molecule has 11 heteroatoms. The van der Waals surface area contributed by atoms with Gasteiger partial charge in [0.05, 0.1) is 40.8 Å². The van der Waals surface area contributed by atoms with Crippen LogP contribution in [0.2, 0.25) is 0 Å². The number of halogens is 3. The van der Waals surface area contributed by atoms with Crippen LogP contribution in [0.15, 0.2) is 40.5 Å². The predicted octanol–water partition coefficient (Wildman–Crippen LogP) is 4.15. The molecule has 0 spiro atoms. The molecule has 2 N–H and O–H groups in total. The minimum atomic E-state index is -4.49. The number of thiophene rings is 1. The number of carboxylic acid groups (broad SMARTS) is 1. The molecule has 2 aromatic heterocycles. The molecule has 3 aromatic rings. The van der Waals surface area contributed by atoms with E-state index < -0.39 is 23.1 Å². The molecule has 5 rings (SSSR count). The maximum absolute atomic E-state index is 13.1. The summed E-state index contributed by atoms with van der Waals surface area (Å²) in [7, 11) is 0. The Balaban J connectivity index is 1.37. The molecule has 7 nitrogen and oxygen atoms in total. The molecule has 0 unspecified atom stereocenters. The number of nitrogens with one attached hydrogen (secondary N) is 1. The molecule has 1 saturated carbocycles. The second-order valence-corrected chi connectivity index (χ2v) is 10.1. The van der Waals surface area contributed by atoms with Crippen LogP contribution >= 0.6 is 11.3 Å². The average molecular weight is 518 g/mol. The molecule has 0 saturated heterocycles. The zero-order valence-corrected chi connectivity index (χ0v) is 19.8. The summed E-state index contributed by atoms with van der Waals surface area (Å²) in [4.78, 5) is 47.3. The van der Waals surface area contributed by atoms with E-state index in [1.807, 2.05) is 0 Å². The third kappa shape index (κ3) is 4.55. The van der Waals surface area contributed by atoms with E-state index in [0.717, 1.165) is 29.9 Å². The van der Waals surface area contributed by atoms with Crippen LogP contribution in [0.5, 0.6) is 0 Å². The Kier molecular flexibility index (Phi) is 5.98. The van der Waals surface area contributed by atoms with Crippen molar-refractivity contribution in [3.8, 4) is 0 Å². The molecular formula is C25H22F3N3O4S. The molecule has 188 valence electrons. The predicted molar refractivity (Wildman–Crippen MR) is 125 cm³/mol. The summed E-state index contributed by atoms with van der Waals surface area (Å²) in [6, 6.07) is 6.32. The largest absolute Gasteiger partial charge is 0.478 e. The van der Waals surface area contributed by atoms with Crippen LogP contribution in [0.1, 0.15) is 62.7 Å². The summed E-state index contributed by atoms with van der Waals surface area (Å²) in [5, 5.41) is 10.8. The Bertz CT molecular complexity index is 1410. The Morgan fingerprint density at radius 3 is 2.67 bits per heavy atom. The first-order chi connectivity index (χ1) is 17.1. The lowest BCUT2D eigenvalue weighted by Crippen LogP contribution is -2.34. The number of hydrogen-bond acceptors (Lipinski definition) is 5. The molecule has 1 amide bonds. The number of benzene rings is 1. The van der Waals surface area contributed by atoms with Crippen LogP contribution in [0.25, 0.3) is 0 Å². The van der Waals surface area contributed by atoms with Gasteiger partial charge in [-0.2, -0.15) is 13.2 Å². The van der Waals surface area contributed by atoms with E-state index in [0.29, 0.717) is 36.5 Å². The van der Waals surface area contributed by atoms with Gasteiger partial charge in [0, 0.05) is 16.8 Å². The number of nitrogens with zero attached hydrogens (tertiary/aromatic N) is 2. The molecule has 0 atom stereocenters. The fourth-order valence-electron chi connectivity index (χ4n) is 4.63. The highest BCUT2D eigenvalue weighted by Gasteiger charge is 2.50. The van der Waals surface area contributed by atoms with Crippen molar-refractivity contribution in [3.63, 3.8) is 0 Å². The van der Waals surface area contributed by atoms with Gasteiger partial charge in [0.15, 0.2) is 0 Å². The maximum Gasteiger partial charge on any atom is 0.416 e. The summed E-state index contributed by atoms with van der Waals surface area (Å²) in [6.07, 6.45) is -2.15. The molecule has 1 aliphatic carbocycles. The summed E-state index contributed by atoms with van der Waals surface area (Å²) in [5.74, 6) is -0.857. The number of rotatable bonds is 5. The van der Waals surface area contributed by atoms with Gasteiger partial charge in [0.25, 0.3) is 5.56 Å². The van der Waals surface area contributed by atoms with E-state index in [9.17, 15) is 32.7 Å². The first-order valence-electron chi connectivity index (χ1n) is 11.5. The van der Waals surface area contributed by atoms with Gasteiger partial charge in [-0.1, -0.05) is 18.2 Å². The Morgan fingerprint density at radius 1 is 1.22 bits per heavy atom. The van der Waals surface area contributed by atoms with Crippen LogP contribution < -0.4 is 5.56 Å². The smallest absolute Gasteiger partial charge is 0.416 e. The lowest BCUT2D eigenvalue weighted by Gasteiger charge is -2.21. The van der Waals surface area contributed by atoms with Crippen molar-refractivity contribution in [1.29, 1.82) is 0 Å². The summed E-state index contributed by atoms with van der Waals surface area (Å²) in [5.41, 5.74) is -0.223. The van der Waals surface area contributed by atoms with Crippen LogP contribution in [0, 0.1) is 0 Å². The fourth-order valence-corrected chi connectivity index (χ4v) is 5.77. The first kappa shape index (κ1) is 24.2. The minimum Gasteiger partial charge on any atom is -0.478 e. The second kappa shape index (κ2) is 8.88. The van der Waals surface area contributed by atoms with Crippen LogP contribution in [-0.2, 0) is 35.8 Å². The first-order valence-corrected chi connectivity index (χ1v) is 12.3. The number of H-pyrrole nitrogens is 1. The number of hydrogen-bond donors (Lipinski definition) is 2. The molecule has 1 fully saturated rings. The Labute approximate surface area is 207 Å². The molecule has 2 aliphatic rings. The van der Waals surface area contributed by atoms with Crippen LogP contribution in [-0.4, -0.2) is 38.4 Å². The second-order valence-electron chi connectivity index (χ2n) is 9.22. The Morgan fingerprint density at radius 2 is 2.00 bits per heavy atom. The van der Waals surface area contributed by atoms with E-state index in [1.54, 1.807) is 11.4 Å². The van der Waals surface area contributed by atoms with Gasteiger partial charge < -0.3 is 15.0 Å². The van der Waals surface area contributed by atoms with Crippen LogP contribution in [0.4, 0.5) is 13.2 Å². The van der Waals surface area contributed by atoms with Gasteiger partial charge in [-0.05, 0) is 43.4 Å².